The molecule has 3 aromatic rings. The molecule has 0 radical (unpaired) electrons. The van der Waals surface area contributed by atoms with Crippen LogP contribution in [-0.4, -0.2) is 15.9 Å². The SMILES string of the molecule is Cc1ccc(NC(=O)c2ccc3nccnc3c2)cc1Br. The molecule has 0 saturated carbocycles. The lowest BCUT2D eigenvalue weighted by Gasteiger charge is -2.07. The minimum absolute atomic E-state index is 0.168. The molecule has 0 fully saturated rings. The molecule has 2 aromatic carbocycles. The first-order valence-electron chi connectivity index (χ1n) is 6.42. The summed E-state index contributed by atoms with van der Waals surface area (Å²) in [5, 5.41) is 2.87. The van der Waals surface area contributed by atoms with Gasteiger partial charge in [-0.15, -0.1) is 0 Å². The number of carbonyl (C=O) groups is 1. The van der Waals surface area contributed by atoms with Crippen molar-refractivity contribution in [2.45, 2.75) is 6.92 Å². The Morgan fingerprint density at radius 2 is 1.81 bits per heavy atom. The second-order valence-corrected chi connectivity index (χ2v) is 5.53. The molecule has 0 aliphatic rings. The van der Waals surface area contributed by atoms with Crippen molar-refractivity contribution >= 4 is 38.6 Å². The van der Waals surface area contributed by atoms with E-state index in [1.54, 1.807) is 30.6 Å². The highest BCUT2D eigenvalue weighted by molar-refractivity contribution is 9.10. The lowest BCUT2D eigenvalue weighted by atomic mass is 10.1. The van der Waals surface area contributed by atoms with E-state index in [0.717, 1.165) is 21.2 Å². The highest BCUT2D eigenvalue weighted by Crippen LogP contribution is 2.21. The Balaban J connectivity index is 1.87. The van der Waals surface area contributed by atoms with E-state index in [1.165, 1.54) is 0 Å². The summed E-state index contributed by atoms with van der Waals surface area (Å²) < 4.78 is 0.963. The van der Waals surface area contributed by atoms with Crippen LogP contribution in [0.2, 0.25) is 0 Å². The van der Waals surface area contributed by atoms with Gasteiger partial charge in [-0.05, 0) is 42.8 Å². The van der Waals surface area contributed by atoms with Gasteiger partial charge in [0.05, 0.1) is 11.0 Å². The molecule has 1 aromatic heterocycles. The maximum absolute atomic E-state index is 12.3. The number of nitrogens with one attached hydrogen (secondary N) is 1. The number of carbonyl (C=O) groups excluding carboxylic acids is 1. The molecule has 0 saturated heterocycles. The fourth-order valence-corrected chi connectivity index (χ4v) is 2.36. The van der Waals surface area contributed by atoms with Gasteiger partial charge in [-0.1, -0.05) is 22.0 Å². The highest BCUT2D eigenvalue weighted by Gasteiger charge is 2.08. The first-order valence-corrected chi connectivity index (χ1v) is 7.21. The van der Waals surface area contributed by atoms with Gasteiger partial charge in [0.2, 0.25) is 0 Å². The van der Waals surface area contributed by atoms with E-state index in [-0.39, 0.29) is 5.91 Å². The number of hydrogen-bond donors (Lipinski definition) is 1. The third kappa shape index (κ3) is 2.92. The van der Waals surface area contributed by atoms with Crippen LogP contribution >= 0.6 is 15.9 Å². The standard InChI is InChI=1S/C16H12BrN3O/c1-10-2-4-12(9-13(10)17)20-16(21)11-3-5-14-15(8-11)19-7-6-18-14/h2-9H,1H3,(H,20,21). The predicted molar refractivity (Wildman–Crippen MR) is 86.4 cm³/mol. The van der Waals surface area contributed by atoms with Gasteiger partial charge < -0.3 is 5.32 Å². The minimum atomic E-state index is -0.168. The van der Waals surface area contributed by atoms with E-state index in [4.69, 9.17) is 0 Å². The maximum Gasteiger partial charge on any atom is 0.255 e. The normalized spacial score (nSPS) is 10.6. The van der Waals surface area contributed by atoms with Gasteiger partial charge in [0.15, 0.2) is 0 Å². The van der Waals surface area contributed by atoms with Gasteiger partial charge in [0.25, 0.3) is 5.91 Å². The molecule has 1 N–H and O–H groups in total. The third-order valence-corrected chi connectivity index (χ3v) is 4.02. The van der Waals surface area contributed by atoms with Crippen molar-refractivity contribution in [3.63, 3.8) is 0 Å². The molecule has 0 atom stereocenters. The number of aryl methyl sites for hydroxylation is 1. The zero-order valence-corrected chi connectivity index (χ0v) is 12.9. The predicted octanol–water partition coefficient (Wildman–Crippen LogP) is 3.95. The van der Waals surface area contributed by atoms with Gasteiger partial charge in [-0.25, -0.2) is 0 Å². The zero-order valence-electron chi connectivity index (χ0n) is 11.3. The van der Waals surface area contributed by atoms with Crippen LogP contribution in [0.15, 0.2) is 53.3 Å². The fraction of sp³-hybridized carbons (Fsp3) is 0.0625. The van der Waals surface area contributed by atoms with Crippen molar-refractivity contribution in [3.05, 3.63) is 64.4 Å². The number of anilines is 1. The van der Waals surface area contributed by atoms with Gasteiger partial charge in [-0.3, -0.25) is 14.8 Å². The number of benzene rings is 2. The first-order chi connectivity index (χ1) is 10.1. The summed E-state index contributed by atoms with van der Waals surface area (Å²) in [6.45, 7) is 2.00. The quantitative estimate of drug-likeness (QED) is 0.767. The summed E-state index contributed by atoms with van der Waals surface area (Å²) >= 11 is 3.46. The summed E-state index contributed by atoms with van der Waals surface area (Å²) in [6, 6.07) is 11.0. The van der Waals surface area contributed by atoms with Crippen LogP contribution in [0.1, 0.15) is 15.9 Å². The molecular weight excluding hydrogens is 330 g/mol. The maximum atomic E-state index is 12.3. The second kappa shape index (κ2) is 5.61. The van der Waals surface area contributed by atoms with Crippen LogP contribution in [-0.2, 0) is 0 Å². The zero-order chi connectivity index (χ0) is 14.8. The molecule has 21 heavy (non-hydrogen) atoms. The van der Waals surface area contributed by atoms with Crippen molar-refractivity contribution in [1.82, 2.24) is 9.97 Å². The van der Waals surface area contributed by atoms with Gasteiger partial charge in [0, 0.05) is 28.1 Å². The molecule has 1 amide bonds. The summed E-state index contributed by atoms with van der Waals surface area (Å²) in [4.78, 5) is 20.7. The van der Waals surface area contributed by atoms with Crippen LogP contribution in [0.4, 0.5) is 5.69 Å². The van der Waals surface area contributed by atoms with E-state index in [9.17, 15) is 4.79 Å². The Labute approximate surface area is 130 Å². The van der Waals surface area contributed by atoms with Crippen LogP contribution in [0.5, 0.6) is 0 Å². The van der Waals surface area contributed by atoms with Crippen LogP contribution in [0.3, 0.4) is 0 Å². The lowest BCUT2D eigenvalue weighted by molar-refractivity contribution is 0.102. The minimum Gasteiger partial charge on any atom is -0.322 e. The molecule has 0 bridgehead atoms. The summed E-state index contributed by atoms with van der Waals surface area (Å²) in [5.41, 5.74) is 3.90. The molecule has 5 heteroatoms. The van der Waals surface area contributed by atoms with E-state index >= 15 is 0 Å². The second-order valence-electron chi connectivity index (χ2n) is 4.68. The number of nitrogens with zero attached hydrogens (tertiary/aromatic N) is 2. The van der Waals surface area contributed by atoms with Crippen LogP contribution in [0.25, 0.3) is 11.0 Å². The molecule has 4 nitrogen and oxygen atoms in total. The number of hydrogen-bond acceptors (Lipinski definition) is 3. The molecule has 0 aliphatic heterocycles. The Morgan fingerprint density at radius 3 is 2.57 bits per heavy atom. The van der Waals surface area contributed by atoms with Crippen molar-refractivity contribution in [3.8, 4) is 0 Å². The fourth-order valence-electron chi connectivity index (χ4n) is 1.98. The van der Waals surface area contributed by atoms with Crippen molar-refractivity contribution < 1.29 is 4.79 Å². The van der Waals surface area contributed by atoms with Crippen LogP contribution in [0, 0.1) is 6.92 Å². The Hall–Kier alpha value is -2.27. The van der Waals surface area contributed by atoms with Crippen molar-refractivity contribution in [1.29, 1.82) is 0 Å². The van der Waals surface area contributed by atoms with E-state index in [1.807, 2.05) is 25.1 Å². The Morgan fingerprint density at radius 1 is 1.05 bits per heavy atom. The number of rotatable bonds is 2. The topological polar surface area (TPSA) is 54.9 Å². The average molecular weight is 342 g/mol. The molecular formula is C16H12BrN3O. The van der Waals surface area contributed by atoms with E-state index in [2.05, 4.69) is 31.2 Å². The number of halogens is 1. The number of fused-ring (bicyclic) bond motifs is 1. The lowest BCUT2D eigenvalue weighted by Crippen LogP contribution is -2.12. The summed E-state index contributed by atoms with van der Waals surface area (Å²) in [7, 11) is 0. The van der Waals surface area contributed by atoms with Crippen molar-refractivity contribution in [2.75, 3.05) is 5.32 Å². The highest BCUT2D eigenvalue weighted by atomic mass is 79.9. The largest absolute Gasteiger partial charge is 0.322 e. The molecule has 0 spiro atoms. The smallest absolute Gasteiger partial charge is 0.255 e. The first kappa shape index (κ1) is 13.7. The van der Waals surface area contributed by atoms with Gasteiger partial charge in [0.1, 0.15) is 0 Å². The van der Waals surface area contributed by atoms with E-state index < -0.39 is 0 Å². The van der Waals surface area contributed by atoms with E-state index in [0.29, 0.717) is 11.1 Å². The Kier molecular flexibility index (Phi) is 3.66. The molecule has 104 valence electrons. The van der Waals surface area contributed by atoms with Gasteiger partial charge >= 0.3 is 0 Å². The molecule has 1 heterocycles. The van der Waals surface area contributed by atoms with Gasteiger partial charge in [-0.2, -0.15) is 0 Å². The van der Waals surface area contributed by atoms with Crippen molar-refractivity contribution in [2.24, 2.45) is 0 Å². The number of aromatic nitrogens is 2. The molecule has 0 aliphatic carbocycles. The Bertz CT molecular complexity index is 833. The summed E-state index contributed by atoms with van der Waals surface area (Å²) in [5.74, 6) is -0.168. The summed E-state index contributed by atoms with van der Waals surface area (Å²) in [6.07, 6.45) is 3.24. The monoisotopic (exact) mass is 341 g/mol. The molecule has 0 unspecified atom stereocenters. The number of amides is 1. The van der Waals surface area contributed by atoms with Crippen LogP contribution < -0.4 is 5.32 Å². The average Bonchev–Trinajstić information content (AvgIpc) is 2.50. The molecule has 3 rings (SSSR count). The third-order valence-electron chi connectivity index (χ3n) is 3.16.